The fraction of sp³-hybridized carbons (Fsp3) is 0.471. The van der Waals surface area contributed by atoms with E-state index in [1.54, 1.807) is 19.1 Å². The number of amides is 2. The maximum atomic E-state index is 13.8. The SMILES string of the molecule is Cc1noc(N)c1C(=O)NCc1ccc(Cl)c(Cc2nc3cc(C(=O)NC4CCC(C)CC4)c(N4CC5CC5C4)cc3n2C)c1Cl. The molecule has 2 aliphatic carbocycles. The van der Waals surface area contributed by atoms with Crippen LogP contribution in [-0.4, -0.2) is 45.7 Å². The predicted molar refractivity (Wildman–Crippen MR) is 180 cm³/mol. The summed E-state index contributed by atoms with van der Waals surface area (Å²) in [5, 5.41) is 10.9. The van der Waals surface area contributed by atoms with Gasteiger partial charge in [0.05, 0.1) is 33.0 Å². The van der Waals surface area contributed by atoms with E-state index in [0.29, 0.717) is 44.8 Å². The molecule has 2 aromatic carbocycles. The molecule has 2 amide bonds. The summed E-state index contributed by atoms with van der Waals surface area (Å²) in [6, 6.07) is 7.85. The Kier molecular flexibility index (Phi) is 8.13. The molecule has 3 aliphatic rings. The maximum Gasteiger partial charge on any atom is 0.259 e. The Morgan fingerprint density at radius 1 is 1.09 bits per heavy atom. The number of imidazole rings is 1. The first-order valence-corrected chi connectivity index (χ1v) is 16.8. The van der Waals surface area contributed by atoms with Gasteiger partial charge in [-0.15, -0.1) is 0 Å². The van der Waals surface area contributed by atoms with Crippen LogP contribution < -0.4 is 21.3 Å². The monoisotopic (exact) mass is 663 g/mol. The van der Waals surface area contributed by atoms with E-state index < -0.39 is 5.91 Å². The molecule has 4 N–H and O–H groups in total. The summed E-state index contributed by atoms with van der Waals surface area (Å²) in [5.74, 6) is 2.49. The van der Waals surface area contributed by atoms with Crippen LogP contribution >= 0.6 is 23.2 Å². The number of carbonyl (C=O) groups is 2. The van der Waals surface area contributed by atoms with Gasteiger partial charge in [-0.3, -0.25) is 9.59 Å². The second-order valence-corrected chi connectivity index (χ2v) is 14.2. The number of anilines is 2. The van der Waals surface area contributed by atoms with Crippen molar-refractivity contribution in [3.05, 3.63) is 68.1 Å². The Morgan fingerprint density at radius 3 is 2.52 bits per heavy atom. The number of nitrogens with one attached hydrogen (secondary N) is 2. The Morgan fingerprint density at radius 2 is 1.83 bits per heavy atom. The van der Waals surface area contributed by atoms with Gasteiger partial charge in [0.15, 0.2) is 0 Å². The van der Waals surface area contributed by atoms with E-state index in [0.717, 1.165) is 73.2 Å². The summed E-state index contributed by atoms with van der Waals surface area (Å²) in [6.45, 7) is 6.07. The number of carbonyl (C=O) groups excluding carboxylic acids is 2. The molecule has 2 atom stereocenters. The molecule has 0 bridgehead atoms. The molecular weight excluding hydrogens is 625 g/mol. The van der Waals surface area contributed by atoms with Crippen LogP contribution in [0, 0.1) is 24.7 Å². The van der Waals surface area contributed by atoms with Gasteiger partial charge in [-0.2, -0.15) is 0 Å². The van der Waals surface area contributed by atoms with Crippen LogP contribution in [0.3, 0.4) is 0 Å². The lowest BCUT2D eigenvalue weighted by Crippen LogP contribution is -2.38. The molecule has 3 heterocycles. The summed E-state index contributed by atoms with van der Waals surface area (Å²) in [5.41, 5.74) is 11.2. The fourth-order valence-corrected chi connectivity index (χ4v) is 7.74. The van der Waals surface area contributed by atoms with Gasteiger partial charge < -0.3 is 30.4 Å². The van der Waals surface area contributed by atoms with Gasteiger partial charge in [0.1, 0.15) is 11.4 Å². The van der Waals surface area contributed by atoms with E-state index in [9.17, 15) is 9.59 Å². The highest BCUT2D eigenvalue weighted by atomic mass is 35.5. The van der Waals surface area contributed by atoms with Gasteiger partial charge in [0, 0.05) is 44.2 Å². The second kappa shape index (κ2) is 12.1. The van der Waals surface area contributed by atoms with Crippen LogP contribution in [-0.2, 0) is 20.0 Å². The smallest absolute Gasteiger partial charge is 0.259 e. The minimum Gasteiger partial charge on any atom is -0.370 e. The van der Waals surface area contributed by atoms with Crippen molar-refractivity contribution in [2.24, 2.45) is 24.8 Å². The van der Waals surface area contributed by atoms with Gasteiger partial charge in [0.2, 0.25) is 5.88 Å². The molecule has 7 rings (SSSR count). The average molecular weight is 665 g/mol. The number of rotatable bonds is 8. The molecule has 2 aromatic heterocycles. The lowest BCUT2D eigenvalue weighted by Gasteiger charge is -2.28. The van der Waals surface area contributed by atoms with Gasteiger partial charge >= 0.3 is 0 Å². The summed E-state index contributed by atoms with van der Waals surface area (Å²) in [7, 11) is 1.98. The molecule has 2 unspecified atom stereocenters. The average Bonchev–Trinajstić information content (AvgIpc) is 3.31. The standard InChI is InChI=1S/C34H39Cl2N7O3/c1-17-4-7-22(8-5-17)39-33(44)24-11-26-28(13-27(24)43-15-20-10-21(20)16-43)42(3)29(40-26)12-23-25(35)9-6-19(31(23)36)14-38-34(45)30-18(2)41-46-32(30)37/h6,9,11,13,17,20-22H,4-5,7-8,10,12,14-16,37H2,1-3H3,(H,38,45)(H,39,44). The van der Waals surface area contributed by atoms with Crippen molar-refractivity contribution >= 4 is 57.6 Å². The van der Waals surface area contributed by atoms with Gasteiger partial charge in [-0.1, -0.05) is 41.3 Å². The number of fused-ring (bicyclic) bond motifs is 2. The Labute approximate surface area is 278 Å². The topological polar surface area (TPSA) is 131 Å². The van der Waals surface area contributed by atoms with Crippen LogP contribution in [0.15, 0.2) is 28.8 Å². The van der Waals surface area contributed by atoms with Crippen molar-refractivity contribution in [2.45, 2.75) is 65.0 Å². The van der Waals surface area contributed by atoms with Crippen LogP contribution in [0.2, 0.25) is 10.0 Å². The normalized spacial score (nSPS) is 22.2. The van der Waals surface area contributed by atoms with Crippen LogP contribution in [0.5, 0.6) is 0 Å². The zero-order chi connectivity index (χ0) is 32.3. The third kappa shape index (κ3) is 5.81. The molecular formula is C34H39Cl2N7O3. The molecule has 1 aliphatic heterocycles. The van der Waals surface area contributed by atoms with E-state index in [1.165, 1.54) is 6.42 Å². The van der Waals surface area contributed by atoms with Crippen molar-refractivity contribution in [3.63, 3.8) is 0 Å². The molecule has 4 aromatic rings. The highest BCUT2D eigenvalue weighted by Gasteiger charge is 2.46. The number of hydrogen-bond acceptors (Lipinski definition) is 7. The van der Waals surface area contributed by atoms with Crippen LogP contribution in [0.4, 0.5) is 11.6 Å². The highest BCUT2D eigenvalue weighted by molar-refractivity contribution is 6.36. The number of hydrogen-bond donors (Lipinski definition) is 3. The molecule has 2 saturated carbocycles. The maximum absolute atomic E-state index is 13.8. The third-order valence-electron chi connectivity index (χ3n) is 10.2. The van der Waals surface area contributed by atoms with Crippen LogP contribution in [0.25, 0.3) is 11.0 Å². The number of aromatic nitrogens is 3. The number of nitrogens with zero attached hydrogens (tertiary/aromatic N) is 4. The molecule has 242 valence electrons. The molecule has 0 radical (unpaired) electrons. The number of aryl methyl sites for hydroxylation is 2. The molecule has 0 spiro atoms. The Bertz CT molecular complexity index is 1810. The van der Waals surface area contributed by atoms with Crippen molar-refractivity contribution in [1.82, 2.24) is 25.3 Å². The molecule has 1 saturated heterocycles. The lowest BCUT2D eigenvalue weighted by molar-refractivity contribution is 0.0921. The van der Waals surface area contributed by atoms with Crippen molar-refractivity contribution in [2.75, 3.05) is 23.7 Å². The van der Waals surface area contributed by atoms with Crippen molar-refractivity contribution in [3.8, 4) is 0 Å². The van der Waals surface area contributed by atoms with E-state index in [1.807, 2.05) is 13.1 Å². The Balaban J connectivity index is 1.16. The molecule has 12 heteroatoms. The molecule has 10 nitrogen and oxygen atoms in total. The first-order chi connectivity index (χ1) is 22.1. The number of nitrogens with two attached hydrogens (primary N) is 1. The van der Waals surface area contributed by atoms with Crippen molar-refractivity contribution in [1.29, 1.82) is 0 Å². The van der Waals surface area contributed by atoms with Gasteiger partial charge in [0.25, 0.3) is 11.8 Å². The first kappa shape index (κ1) is 30.9. The molecule has 46 heavy (non-hydrogen) atoms. The van der Waals surface area contributed by atoms with Gasteiger partial charge in [-0.25, -0.2) is 4.98 Å². The number of halogens is 2. The number of nitrogen functional groups attached to an aromatic ring is 1. The largest absolute Gasteiger partial charge is 0.370 e. The van der Waals surface area contributed by atoms with E-state index in [-0.39, 0.29) is 29.9 Å². The zero-order valence-corrected chi connectivity index (χ0v) is 27.8. The third-order valence-corrected chi connectivity index (χ3v) is 11.0. The lowest BCUT2D eigenvalue weighted by atomic mass is 9.87. The van der Waals surface area contributed by atoms with Crippen molar-refractivity contribution < 1.29 is 14.1 Å². The number of benzene rings is 2. The highest BCUT2D eigenvalue weighted by Crippen LogP contribution is 2.47. The summed E-state index contributed by atoms with van der Waals surface area (Å²) in [4.78, 5) is 33.9. The first-order valence-electron chi connectivity index (χ1n) is 16.1. The summed E-state index contributed by atoms with van der Waals surface area (Å²) < 4.78 is 6.97. The Hall–Kier alpha value is -3.76. The van der Waals surface area contributed by atoms with E-state index >= 15 is 0 Å². The number of piperidine rings is 1. The quantitative estimate of drug-likeness (QED) is 0.209. The summed E-state index contributed by atoms with van der Waals surface area (Å²) >= 11 is 13.6. The zero-order valence-electron chi connectivity index (χ0n) is 26.3. The molecule has 3 fully saturated rings. The van der Waals surface area contributed by atoms with Crippen LogP contribution in [0.1, 0.15) is 82.4 Å². The second-order valence-electron chi connectivity index (χ2n) is 13.4. The van der Waals surface area contributed by atoms with Gasteiger partial charge in [-0.05, 0) is 86.1 Å². The minimum atomic E-state index is -0.400. The van der Waals surface area contributed by atoms with E-state index in [4.69, 9.17) is 38.4 Å². The summed E-state index contributed by atoms with van der Waals surface area (Å²) in [6.07, 6.45) is 5.98. The van der Waals surface area contributed by atoms with E-state index in [2.05, 4.69) is 38.2 Å². The predicted octanol–water partition coefficient (Wildman–Crippen LogP) is 6.04. The fourth-order valence-electron chi connectivity index (χ4n) is 7.17. The minimum absolute atomic E-state index is 0.0202.